The minimum atomic E-state index is -4.33. The number of methoxy groups -OCH3 is 1. The smallest absolute Gasteiger partial charge is 0.286 e. The molecule has 27 heavy (non-hydrogen) atoms. The SMILES string of the molecule is CCC(N1CC(c2ccc(OC)c(OC3CCCO3)c2)CC1=O)S(=O)(=O)O. The summed E-state index contributed by atoms with van der Waals surface area (Å²) in [5.74, 6) is 0.627. The fraction of sp³-hybridized carbons (Fsp3) is 0.611. The highest BCUT2D eigenvalue weighted by atomic mass is 32.2. The summed E-state index contributed by atoms with van der Waals surface area (Å²) < 4.78 is 49.3. The predicted octanol–water partition coefficient (Wildman–Crippen LogP) is 2.15. The van der Waals surface area contributed by atoms with Gasteiger partial charge in [0.05, 0.1) is 13.7 Å². The summed E-state index contributed by atoms with van der Waals surface area (Å²) in [6.07, 6.45) is 1.73. The Morgan fingerprint density at radius 2 is 2.15 bits per heavy atom. The third-order valence-corrected chi connectivity index (χ3v) is 6.28. The van der Waals surface area contributed by atoms with E-state index in [1.807, 2.05) is 12.1 Å². The lowest BCUT2D eigenvalue weighted by Crippen LogP contribution is -2.41. The number of hydrogen-bond acceptors (Lipinski definition) is 6. The summed E-state index contributed by atoms with van der Waals surface area (Å²) >= 11 is 0. The third kappa shape index (κ3) is 4.36. The van der Waals surface area contributed by atoms with Crippen molar-refractivity contribution in [1.29, 1.82) is 0 Å². The summed E-state index contributed by atoms with van der Waals surface area (Å²) in [6, 6.07) is 5.43. The number of carbonyl (C=O) groups excluding carboxylic acids is 1. The normalized spacial score (nSPS) is 24.3. The molecule has 0 spiro atoms. The Kier molecular flexibility index (Phi) is 5.92. The maximum atomic E-state index is 12.4. The fourth-order valence-corrected chi connectivity index (χ4v) is 4.59. The van der Waals surface area contributed by atoms with Crippen LogP contribution in [-0.4, -0.2) is 55.7 Å². The van der Waals surface area contributed by atoms with Crippen LogP contribution in [-0.2, 0) is 19.6 Å². The third-order valence-electron chi connectivity index (χ3n) is 5.00. The highest BCUT2D eigenvalue weighted by molar-refractivity contribution is 7.86. The Labute approximate surface area is 159 Å². The van der Waals surface area contributed by atoms with Crippen LogP contribution < -0.4 is 9.47 Å². The molecule has 3 atom stereocenters. The lowest BCUT2D eigenvalue weighted by molar-refractivity contribution is -0.128. The number of nitrogens with zero attached hydrogens (tertiary/aromatic N) is 1. The average molecular weight is 399 g/mol. The molecular weight excluding hydrogens is 374 g/mol. The van der Waals surface area contributed by atoms with Crippen LogP contribution in [0.3, 0.4) is 0 Å². The first-order valence-electron chi connectivity index (χ1n) is 9.05. The second-order valence-electron chi connectivity index (χ2n) is 6.80. The van der Waals surface area contributed by atoms with Crippen LogP contribution in [0.1, 0.15) is 44.1 Å². The fourth-order valence-electron chi connectivity index (χ4n) is 3.65. The lowest BCUT2D eigenvalue weighted by atomic mass is 9.98. The van der Waals surface area contributed by atoms with Gasteiger partial charge in [0, 0.05) is 25.3 Å². The number of rotatable bonds is 7. The van der Waals surface area contributed by atoms with Crippen molar-refractivity contribution in [3.63, 3.8) is 0 Å². The lowest BCUT2D eigenvalue weighted by Gasteiger charge is -2.24. The largest absolute Gasteiger partial charge is 0.493 e. The van der Waals surface area contributed by atoms with Gasteiger partial charge in [-0.1, -0.05) is 13.0 Å². The first kappa shape index (κ1) is 19.9. The van der Waals surface area contributed by atoms with Crippen molar-refractivity contribution in [2.45, 2.75) is 50.2 Å². The van der Waals surface area contributed by atoms with Gasteiger partial charge in [0.2, 0.25) is 5.91 Å². The number of benzene rings is 1. The average Bonchev–Trinajstić information content (AvgIpc) is 3.25. The first-order valence-corrected chi connectivity index (χ1v) is 10.6. The van der Waals surface area contributed by atoms with Gasteiger partial charge in [0.25, 0.3) is 10.1 Å². The van der Waals surface area contributed by atoms with Gasteiger partial charge in [-0.05, 0) is 30.5 Å². The zero-order valence-electron chi connectivity index (χ0n) is 15.5. The Balaban J connectivity index is 1.81. The van der Waals surface area contributed by atoms with Crippen LogP contribution in [0.2, 0.25) is 0 Å². The van der Waals surface area contributed by atoms with Crippen molar-refractivity contribution in [1.82, 2.24) is 4.90 Å². The van der Waals surface area contributed by atoms with Crippen LogP contribution in [0, 0.1) is 0 Å². The molecule has 150 valence electrons. The highest BCUT2D eigenvalue weighted by Gasteiger charge is 2.39. The van der Waals surface area contributed by atoms with Gasteiger partial charge in [-0.15, -0.1) is 0 Å². The van der Waals surface area contributed by atoms with Crippen LogP contribution in [0.25, 0.3) is 0 Å². The Hall–Kier alpha value is -1.84. The highest BCUT2D eigenvalue weighted by Crippen LogP contribution is 2.37. The molecule has 0 aliphatic carbocycles. The molecule has 0 bridgehead atoms. The Morgan fingerprint density at radius 3 is 2.74 bits per heavy atom. The molecule has 0 radical (unpaired) electrons. The number of hydrogen-bond donors (Lipinski definition) is 1. The molecule has 0 aromatic heterocycles. The molecule has 1 N–H and O–H groups in total. The van der Waals surface area contributed by atoms with E-state index < -0.39 is 15.5 Å². The topological polar surface area (TPSA) is 102 Å². The van der Waals surface area contributed by atoms with E-state index >= 15 is 0 Å². The minimum Gasteiger partial charge on any atom is -0.493 e. The van der Waals surface area contributed by atoms with Crippen molar-refractivity contribution < 1.29 is 32.0 Å². The van der Waals surface area contributed by atoms with Gasteiger partial charge in [-0.2, -0.15) is 8.42 Å². The molecule has 2 heterocycles. The standard InChI is InChI=1S/C18H25NO7S/c1-3-17(27(21,22)23)19-11-13(10-16(19)20)12-6-7-14(24-2)15(9-12)26-18-5-4-8-25-18/h6-7,9,13,17-18H,3-5,8,10-11H2,1-2H3,(H,21,22,23). The van der Waals surface area contributed by atoms with Crippen molar-refractivity contribution in [3.05, 3.63) is 23.8 Å². The Bertz CT molecular complexity index is 789. The molecular formula is C18H25NO7S. The number of likely N-dealkylation sites (tertiary alicyclic amines) is 1. The van der Waals surface area contributed by atoms with Gasteiger partial charge < -0.3 is 19.1 Å². The van der Waals surface area contributed by atoms with Gasteiger partial charge in [-0.3, -0.25) is 9.35 Å². The minimum absolute atomic E-state index is 0.132. The summed E-state index contributed by atoms with van der Waals surface area (Å²) in [6.45, 7) is 2.51. The molecule has 1 aromatic carbocycles. The maximum absolute atomic E-state index is 12.4. The zero-order chi connectivity index (χ0) is 19.6. The van der Waals surface area contributed by atoms with Gasteiger partial charge in [-0.25, -0.2) is 0 Å². The maximum Gasteiger partial charge on any atom is 0.286 e. The number of amides is 1. The molecule has 0 saturated carbocycles. The van der Waals surface area contributed by atoms with Crippen LogP contribution >= 0.6 is 0 Å². The van der Waals surface area contributed by atoms with Crippen molar-refractivity contribution in [3.8, 4) is 11.5 Å². The molecule has 1 amide bonds. The molecule has 3 rings (SSSR count). The molecule has 9 heteroatoms. The summed E-state index contributed by atoms with van der Waals surface area (Å²) in [4.78, 5) is 13.6. The van der Waals surface area contributed by atoms with E-state index in [1.54, 1.807) is 20.1 Å². The quantitative estimate of drug-likeness (QED) is 0.701. The second kappa shape index (κ2) is 8.04. The molecule has 2 aliphatic heterocycles. The Morgan fingerprint density at radius 1 is 1.37 bits per heavy atom. The van der Waals surface area contributed by atoms with E-state index in [0.29, 0.717) is 18.1 Å². The van der Waals surface area contributed by atoms with Gasteiger partial charge in [0.15, 0.2) is 23.2 Å². The monoisotopic (exact) mass is 399 g/mol. The molecule has 2 saturated heterocycles. The van der Waals surface area contributed by atoms with E-state index in [1.165, 1.54) is 4.90 Å². The van der Waals surface area contributed by atoms with E-state index in [4.69, 9.17) is 14.2 Å². The van der Waals surface area contributed by atoms with Gasteiger partial charge >= 0.3 is 0 Å². The molecule has 1 aromatic rings. The molecule has 2 fully saturated rings. The second-order valence-corrected chi connectivity index (χ2v) is 8.37. The van der Waals surface area contributed by atoms with Crippen molar-refractivity contribution >= 4 is 16.0 Å². The van der Waals surface area contributed by atoms with E-state index in [2.05, 4.69) is 0 Å². The van der Waals surface area contributed by atoms with Crippen molar-refractivity contribution in [2.24, 2.45) is 0 Å². The van der Waals surface area contributed by atoms with E-state index in [9.17, 15) is 17.8 Å². The first-order chi connectivity index (χ1) is 12.8. The van der Waals surface area contributed by atoms with Crippen LogP contribution in [0.15, 0.2) is 18.2 Å². The van der Waals surface area contributed by atoms with Crippen molar-refractivity contribution in [2.75, 3.05) is 20.3 Å². The van der Waals surface area contributed by atoms with Crippen LogP contribution in [0.4, 0.5) is 0 Å². The predicted molar refractivity (Wildman–Crippen MR) is 97.3 cm³/mol. The molecule has 3 unspecified atom stereocenters. The summed E-state index contributed by atoms with van der Waals surface area (Å²) in [7, 11) is -2.78. The molecule has 8 nitrogen and oxygen atoms in total. The summed E-state index contributed by atoms with van der Waals surface area (Å²) in [5, 5.41) is -1.21. The van der Waals surface area contributed by atoms with Gasteiger partial charge in [0.1, 0.15) is 0 Å². The van der Waals surface area contributed by atoms with Crippen LogP contribution in [0.5, 0.6) is 11.5 Å². The molecule has 2 aliphatic rings. The van der Waals surface area contributed by atoms with E-state index in [-0.39, 0.29) is 37.5 Å². The zero-order valence-corrected chi connectivity index (χ0v) is 16.3. The summed E-state index contributed by atoms with van der Waals surface area (Å²) in [5.41, 5.74) is 0.852. The van der Waals surface area contributed by atoms with E-state index in [0.717, 1.165) is 18.4 Å². The number of ether oxygens (including phenoxy) is 3. The number of carbonyl (C=O) groups is 1.